The number of amides is 2. The molecule has 1 aromatic heterocycles. The summed E-state index contributed by atoms with van der Waals surface area (Å²) in [4.78, 5) is 23.8. The summed E-state index contributed by atoms with van der Waals surface area (Å²) in [7, 11) is -1.98. The average Bonchev–Trinajstić information content (AvgIpc) is 2.94. The summed E-state index contributed by atoms with van der Waals surface area (Å²) < 4.78 is 28.6. The van der Waals surface area contributed by atoms with Crippen LogP contribution in [0.4, 0.5) is 5.69 Å². The number of aromatic nitrogens is 2. The fraction of sp³-hybridized carbons (Fsp3) is 0.421. The topological polar surface area (TPSA) is 113 Å². The van der Waals surface area contributed by atoms with E-state index in [1.54, 1.807) is 26.1 Å². The molecule has 11 heteroatoms. The van der Waals surface area contributed by atoms with Crippen LogP contribution in [0.15, 0.2) is 29.2 Å². The number of nitrogens with one attached hydrogen (secondary N) is 2. The van der Waals surface area contributed by atoms with Crippen LogP contribution in [0.25, 0.3) is 0 Å². The molecule has 9 nitrogen and oxygen atoms in total. The third kappa shape index (κ3) is 4.66. The highest BCUT2D eigenvalue weighted by Gasteiger charge is 2.31. The average molecular weight is 454 g/mol. The molecule has 3 rings (SSSR count). The van der Waals surface area contributed by atoms with Gasteiger partial charge in [0.05, 0.1) is 16.2 Å². The number of halogens is 1. The van der Waals surface area contributed by atoms with Gasteiger partial charge in [-0.05, 0) is 44.0 Å². The molecule has 1 aromatic carbocycles. The number of carbonyl (C=O) groups is 2. The van der Waals surface area contributed by atoms with Gasteiger partial charge in [-0.25, -0.2) is 8.42 Å². The Morgan fingerprint density at radius 2 is 1.77 bits per heavy atom. The summed E-state index contributed by atoms with van der Waals surface area (Å²) >= 11 is 6.15. The molecule has 1 aliphatic rings. The van der Waals surface area contributed by atoms with Crippen molar-refractivity contribution in [1.29, 1.82) is 0 Å². The van der Waals surface area contributed by atoms with Crippen LogP contribution in [-0.4, -0.2) is 53.4 Å². The van der Waals surface area contributed by atoms with Crippen LogP contribution in [0, 0.1) is 6.92 Å². The third-order valence-corrected chi connectivity index (χ3v) is 7.33. The van der Waals surface area contributed by atoms with Crippen LogP contribution < -0.4 is 10.6 Å². The van der Waals surface area contributed by atoms with E-state index < -0.39 is 10.0 Å². The summed E-state index contributed by atoms with van der Waals surface area (Å²) in [5, 5.41) is 9.94. The number of aryl methyl sites for hydroxylation is 2. The maximum absolute atomic E-state index is 12.9. The van der Waals surface area contributed by atoms with Crippen LogP contribution in [-0.2, 0) is 21.9 Å². The largest absolute Gasteiger partial charge is 0.349 e. The molecule has 0 unspecified atom stereocenters. The Morgan fingerprint density at radius 3 is 2.27 bits per heavy atom. The highest BCUT2D eigenvalue weighted by molar-refractivity contribution is 7.89. The molecule has 0 bridgehead atoms. The van der Waals surface area contributed by atoms with Crippen LogP contribution in [0.1, 0.15) is 35.8 Å². The zero-order valence-electron chi connectivity index (χ0n) is 17.0. The van der Waals surface area contributed by atoms with E-state index in [9.17, 15) is 18.0 Å². The first-order valence-electron chi connectivity index (χ1n) is 9.47. The van der Waals surface area contributed by atoms with Gasteiger partial charge in [-0.3, -0.25) is 14.3 Å². The van der Waals surface area contributed by atoms with Crippen molar-refractivity contribution in [2.75, 3.05) is 18.4 Å². The van der Waals surface area contributed by atoms with E-state index in [0.717, 1.165) is 0 Å². The molecule has 1 aliphatic heterocycles. The quantitative estimate of drug-likeness (QED) is 0.718. The zero-order valence-corrected chi connectivity index (χ0v) is 18.5. The number of nitrogens with zero attached hydrogens (tertiary/aromatic N) is 3. The molecule has 0 saturated carbocycles. The summed E-state index contributed by atoms with van der Waals surface area (Å²) in [5.41, 5.74) is 1.42. The normalized spacial score (nSPS) is 15.7. The molecule has 2 heterocycles. The molecule has 0 atom stereocenters. The van der Waals surface area contributed by atoms with E-state index in [1.807, 2.05) is 0 Å². The Morgan fingerprint density at radius 1 is 1.17 bits per heavy atom. The molecule has 162 valence electrons. The Balaban J connectivity index is 1.61. The summed E-state index contributed by atoms with van der Waals surface area (Å²) in [5.74, 6) is -0.530. The van der Waals surface area contributed by atoms with E-state index >= 15 is 0 Å². The Hall–Kier alpha value is -2.43. The first-order valence-corrected chi connectivity index (χ1v) is 11.3. The van der Waals surface area contributed by atoms with E-state index in [-0.39, 0.29) is 27.9 Å². The van der Waals surface area contributed by atoms with Gasteiger partial charge in [-0.1, -0.05) is 11.6 Å². The van der Waals surface area contributed by atoms with Gasteiger partial charge in [0.25, 0.3) is 5.91 Å². The second-order valence-corrected chi connectivity index (χ2v) is 9.53. The molecule has 30 heavy (non-hydrogen) atoms. The van der Waals surface area contributed by atoms with E-state index in [2.05, 4.69) is 15.7 Å². The maximum atomic E-state index is 12.9. The van der Waals surface area contributed by atoms with Crippen LogP contribution in [0.3, 0.4) is 0 Å². The number of piperidine rings is 1. The lowest BCUT2D eigenvalue weighted by Crippen LogP contribution is -2.46. The molecule has 2 N–H and O–H groups in total. The minimum Gasteiger partial charge on any atom is -0.349 e. The van der Waals surface area contributed by atoms with Gasteiger partial charge in [0.2, 0.25) is 15.9 Å². The van der Waals surface area contributed by atoms with Crippen molar-refractivity contribution in [3.05, 3.63) is 40.7 Å². The van der Waals surface area contributed by atoms with Crippen molar-refractivity contribution < 1.29 is 18.0 Å². The lowest BCUT2D eigenvalue weighted by molar-refractivity contribution is -0.114. The van der Waals surface area contributed by atoms with Crippen LogP contribution >= 0.6 is 11.6 Å². The molecule has 1 saturated heterocycles. The van der Waals surface area contributed by atoms with Crippen molar-refractivity contribution in [2.45, 2.75) is 37.6 Å². The smallest absolute Gasteiger partial charge is 0.256 e. The molecule has 2 amide bonds. The second kappa shape index (κ2) is 8.75. The number of rotatable bonds is 5. The molecule has 1 fully saturated rings. The second-order valence-electron chi connectivity index (χ2n) is 7.23. The molecular weight excluding hydrogens is 430 g/mol. The fourth-order valence-corrected chi connectivity index (χ4v) is 5.18. The Labute approximate surface area is 180 Å². The number of carbonyl (C=O) groups excluding carboxylic acids is 2. The van der Waals surface area contributed by atoms with Crippen LogP contribution in [0.2, 0.25) is 5.15 Å². The minimum absolute atomic E-state index is 0.151. The summed E-state index contributed by atoms with van der Waals surface area (Å²) in [6, 6.07) is 5.91. The van der Waals surface area contributed by atoms with Gasteiger partial charge in [0.1, 0.15) is 5.15 Å². The van der Waals surface area contributed by atoms with Gasteiger partial charge in [0, 0.05) is 38.8 Å². The van der Waals surface area contributed by atoms with Gasteiger partial charge >= 0.3 is 0 Å². The van der Waals surface area contributed by atoms with E-state index in [0.29, 0.717) is 42.9 Å². The number of benzene rings is 1. The zero-order chi connectivity index (χ0) is 22.1. The fourth-order valence-electron chi connectivity index (χ4n) is 3.45. The number of anilines is 1. The van der Waals surface area contributed by atoms with Crippen molar-refractivity contribution in [3.8, 4) is 0 Å². The highest BCUT2D eigenvalue weighted by atomic mass is 35.5. The van der Waals surface area contributed by atoms with Gasteiger partial charge in [0.15, 0.2) is 0 Å². The predicted octanol–water partition coefficient (Wildman–Crippen LogP) is 1.92. The maximum Gasteiger partial charge on any atom is 0.256 e. The van der Waals surface area contributed by atoms with Crippen molar-refractivity contribution in [2.24, 2.45) is 7.05 Å². The van der Waals surface area contributed by atoms with Gasteiger partial charge < -0.3 is 10.6 Å². The van der Waals surface area contributed by atoms with E-state index in [4.69, 9.17) is 11.6 Å². The Bertz CT molecular complexity index is 1060. The summed E-state index contributed by atoms with van der Waals surface area (Å²) in [6.45, 7) is 3.69. The van der Waals surface area contributed by atoms with Gasteiger partial charge in [-0.15, -0.1) is 0 Å². The number of hydrogen-bond donors (Lipinski definition) is 2. The first kappa shape index (κ1) is 22.3. The number of sulfonamides is 1. The monoisotopic (exact) mass is 453 g/mol. The standard InChI is InChI=1S/C19H24ClN5O4S/c1-12-17(18(20)24(3)23-12)19(27)22-15-8-10-25(11-9-15)30(28,29)16-6-4-14(5-7-16)21-13(2)26/h4-7,15H,8-11H2,1-3H3,(H,21,26)(H,22,27). The van der Waals surface area contributed by atoms with Crippen molar-refractivity contribution in [1.82, 2.24) is 19.4 Å². The van der Waals surface area contributed by atoms with Gasteiger partial charge in [-0.2, -0.15) is 9.40 Å². The summed E-state index contributed by atoms with van der Waals surface area (Å²) in [6.07, 6.45) is 0.984. The van der Waals surface area contributed by atoms with Crippen molar-refractivity contribution in [3.63, 3.8) is 0 Å². The lowest BCUT2D eigenvalue weighted by Gasteiger charge is -2.31. The van der Waals surface area contributed by atoms with E-state index in [1.165, 1.54) is 28.0 Å². The van der Waals surface area contributed by atoms with Crippen LogP contribution in [0.5, 0.6) is 0 Å². The molecule has 2 aromatic rings. The lowest BCUT2D eigenvalue weighted by atomic mass is 10.1. The SMILES string of the molecule is CC(=O)Nc1ccc(S(=O)(=O)N2CCC(NC(=O)c3c(C)nn(C)c3Cl)CC2)cc1. The van der Waals surface area contributed by atoms with Crippen molar-refractivity contribution >= 4 is 39.1 Å². The third-order valence-electron chi connectivity index (χ3n) is 4.98. The number of hydrogen-bond acceptors (Lipinski definition) is 5. The molecular formula is C19H24ClN5O4S. The highest BCUT2D eigenvalue weighted by Crippen LogP contribution is 2.23. The Kier molecular flexibility index (Phi) is 6.49. The minimum atomic E-state index is -3.65. The first-order chi connectivity index (χ1) is 14.1. The molecule has 0 aliphatic carbocycles. The molecule has 0 spiro atoms. The molecule has 0 radical (unpaired) electrons. The predicted molar refractivity (Wildman–Crippen MR) is 113 cm³/mol.